The molecule has 0 bridgehead atoms. The average Bonchev–Trinajstić information content (AvgIpc) is 3.20. The van der Waals surface area contributed by atoms with E-state index in [0.717, 1.165) is 5.69 Å². The SMILES string of the molecule is N#Cc1ccccc1.Oc1ccccc1-[n+]1[c-]n(-c2[c-]cccc2)cc1.[Pt+2]. The zero-order valence-corrected chi connectivity index (χ0v) is 16.5. The summed E-state index contributed by atoms with van der Waals surface area (Å²) in [7, 11) is 0. The van der Waals surface area contributed by atoms with Crippen LogP contribution in [0.4, 0.5) is 0 Å². The van der Waals surface area contributed by atoms with Crippen molar-refractivity contribution < 1.29 is 30.7 Å². The standard InChI is InChI=1S/C15H11N2O.C7H5N.Pt/c18-15-9-5-4-8-14(15)17-11-10-16(12-17)13-6-2-1-3-7-13;8-6-7-4-2-1-3-5-7;/h1-6,8-11,18H;1-5H;/q-1;;+2. The molecule has 3 aromatic carbocycles. The van der Waals surface area contributed by atoms with Gasteiger partial charge < -0.3 is 9.67 Å². The molecule has 1 aromatic heterocycles. The van der Waals surface area contributed by atoms with Crippen LogP contribution >= 0.6 is 0 Å². The van der Waals surface area contributed by atoms with Gasteiger partial charge in [0, 0.05) is 12.4 Å². The largest absolute Gasteiger partial charge is 2.00 e. The number of hydrogen-bond donors (Lipinski definition) is 1. The number of aromatic hydroxyl groups is 1. The summed E-state index contributed by atoms with van der Waals surface area (Å²) < 4.78 is 3.57. The normalized spacial score (nSPS) is 9.30. The minimum absolute atomic E-state index is 0. The molecule has 134 valence electrons. The van der Waals surface area contributed by atoms with Crippen LogP contribution in [-0.4, -0.2) is 9.67 Å². The predicted molar refractivity (Wildman–Crippen MR) is 97.8 cm³/mol. The first-order valence-corrected chi connectivity index (χ1v) is 8.01. The number of phenolic OH excluding ortho intramolecular Hbond substituents is 1. The predicted octanol–water partition coefficient (Wildman–Crippen LogP) is 3.62. The minimum atomic E-state index is 0. The zero-order chi connectivity index (χ0) is 18.2. The maximum absolute atomic E-state index is 9.79. The molecule has 4 aromatic rings. The van der Waals surface area contributed by atoms with Crippen molar-refractivity contribution in [3.63, 3.8) is 0 Å². The summed E-state index contributed by atoms with van der Waals surface area (Å²) in [6, 6.07) is 29.1. The molecule has 0 saturated carbocycles. The molecule has 0 aliphatic heterocycles. The zero-order valence-electron chi connectivity index (χ0n) is 14.3. The number of benzene rings is 3. The maximum Gasteiger partial charge on any atom is 2.00 e. The van der Waals surface area contributed by atoms with Crippen molar-refractivity contribution in [2.75, 3.05) is 0 Å². The van der Waals surface area contributed by atoms with E-state index in [1.54, 1.807) is 28.8 Å². The maximum atomic E-state index is 9.79. The van der Waals surface area contributed by atoms with Gasteiger partial charge in [-0.15, -0.1) is 0 Å². The van der Waals surface area contributed by atoms with Gasteiger partial charge in [0.2, 0.25) is 0 Å². The molecule has 1 heterocycles. The number of hydrogen-bond acceptors (Lipinski definition) is 2. The summed E-state index contributed by atoms with van der Waals surface area (Å²) >= 11 is 0. The Kier molecular flexibility index (Phi) is 7.55. The van der Waals surface area contributed by atoms with Crippen LogP contribution in [0, 0.1) is 23.7 Å². The third-order valence-corrected chi connectivity index (χ3v) is 3.58. The molecule has 0 radical (unpaired) electrons. The van der Waals surface area contributed by atoms with Gasteiger partial charge in [0.05, 0.1) is 11.6 Å². The molecule has 0 aliphatic rings. The van der Waals surface area contributed by atoms with E-state index in [1.807, 2.05) is 77.6 Å². The molecule has 1 N–H and O–H groups in total. The van der Waals surface area contributed by atoms with Gasteiger partial charge in [0.25, 0.3) is 6.33 Å². The van der Waals surface area contributed by atoms with Crippen LogP contribution in [0.25, 0.3) is 11.4 Å². The first-order valence-electron chi connectivity index (χ1n) is 8.01. The van der Waals surface area contributed by atoms with Crippen LogP contribution < -0.4 is 4.57 Å². The van der Waals surface area contributed by atoms with Crippen LogP contribution in [0.2, 0.25) is 0 Å². The summed E-state index contributed by atoms with van der Waals surface area (Å²) in [5, 5.41) is 18.1. The van der Waals surface area contributed by atoms with Crippen molar-refractivity contribution in [1.29, 1.82) is 5.26 Å². The fourth-order valence-electron chi connectivity index (χ4n) is 2.30. The number of para-hydroxylation sites is 3. The summed E-state index contributed by atoms with van der Waals surface area (Å²) in [4.78, 5) is 0. The second-order valence-electron chi connectivity index (χ2n) is 5.35. The summed E-state index contributed by atoms with van der Waals surface area (Å²) in [5.41, 5.74) is 2.33. The smallest absolute Gasteiger partial charge is 0.511 e. The molecule has 0 amide bonds. The van der Waals surface area contributed by atoms with Gasteiger partial charge in [0.1, 0.15) is 11.4 Å². The molecule has 0 unspecified atom stereocenters. The van der Waals surface area contributed by atoms with E-state index in [4.69, 9.17) is 5.26 Å². The van der Waals surface area contributed by atoms with Gasteiger partial charge in [-0.05, 0) is 30.0 Å². The third kappa shape index (κ3) is 5.41. The van der Waals surface area contributed by atoms with E-state index < -0.39 is 0 Å². The third-order valence-electron chi connectivity index (χ3n) is 3.58. The van der Waals surface area contributed by atoms with E-state index in [1.165, 1.54) is 0 Å². The second kappa shape index (κ2) is 10.1. The van der Waals surface area contributed by atoms with Gasteiger partial charge in [-0.3, -0.25) is 4.57 Å². The van der Waals surface area contributed by atoms with Crippen molar-refractivity contribution in [3.8, 4) is 23.2 Å². The molecule has 4 rings (SSSR count). The number of rotatable bonds is 2. The Morgan fingerprint density at radius 3 is 2.26 bits per heavy atom. The van der Waals surface area contributed by atoms with Crippen molar-refractivity contribution in [2.24, 2.45) is 0 Å². The van der Waals surface area contributed by atoms with Crippen LogP contribution in [0.1, 0.15) is 5.56 Å². The van der Waals surface area contributed by atoms with Crippen molar-refractivity contribution in [1.82, 2.24) is 4.57 Å². The minimum Gasteiger partial charge on any atom is -0.511 e. The number of imidazole rings is 1. The van der Waals surface area contributed by atoms with Gasteiger partial charge >= 0.3 is 21.1 Å². The van der Waals surface area contributed by atoms with Crippen LogP contribution in [-0.2, 0) is 21.1 Å². The van der Waals surface area contributed by atoms with E-state index in [0.29, 0.717) is 11.3 Å². The average molecular weight is 533 g/mol. The van der Waals surface area contributed by atoms with E-state index in [-0.39, 0.29) is 26.8 Å². The molecule has 0 atom stereocenters. The van der Waals surface area contributed by atoms with Gasteiger partial charge in [-0.25, -0.2) is 0 Å². The topological polar surface area (TPSA) is 52.8 Å². The summed E-state index contributed by atoms with van der Waals surface area (Å²) in [6.45, 7) is 0. The fraction of sp³-hybridized carbons (Fsp3) is 0. The number of nitrogens with zero attached hydrogens (tertiary/aromatic N) is 3. The van der Waals surface area contributed by atoms with E-state index in [2.05, 4.69) is 12.4 Å². The Morgan fingerprint density at radius 1 is 0.926 bits per heavy atom. The molecular formula is C22H16N3OPt+. The summed E-state index contributed by atoms with van der Waals surface area (Å²) in [5.74, 6) is 0.230. The number of nitriles is 1. The van der Waals surface area contributed by atoms with Crippen LogP contribution in [0.15, 0.2) is 91.3 Å². The molecule has 4 nitrogen and oxygen atoms in total. The number of aromatic nitrogens is 2. The summed E-state index contributed by atoms with van der Waals surface area (Å²) in [6.07, 6.45) is 6.85. The van der Waals surface area contributed by atoms with Gasteiger partial charge in [-0.2, -0.15) is 35.6 Å². The monoisotopic (exact) mass is 533 g/mol. The van der Waals surface area contributed by atoms with Crippen LogP contribution in [0.5, 0.6) is 5.75 Å². The Balaban J connectivity index is 0.000000247. The van der Waals surface area contributed by atoms with Crippen molar-refractivity contribution in [3.05, 3.63) is 109 Å². The second-order valence-corrected chi connectivity index (χ2v) is 5.35. The van der Waals surface area contributed by atoms with Crippen molar-refractivity contribution in [2.45, 2.75) is 0 Å². The molecule has 27 heavy (non-hydrogen) atoms. The molecule has 5 heteroatoms. The first-order chi connectivity index (χ1) is 12.8. The number of phenols is 1. The Morgan fingerprint density at radius 2 is 1.63 bits per heavy atom. The Labute approximate surface area is 172 Å². The quantitative estimate of drug-likeness (QED) is 0.316. The molecule has 0 saturated heterocycles. The molecule has 0 fully saturated rings. The molecular weight excluding hydrogens is 517 g/mol. The van der Waals surface area contributed by atoms with E-state index >= 15 is 0 Å². The van der Waals surface area contributed by atoms with Gasteiger partial charge in [-0.1, -0.05) is 30.3 Å². The molecule has 0 aliphatic carbocycles. The van der Waals surface area contributed by atoms with Gasteiger partial charge in [0.15, 0.2) is 0 Å². The Hall–Kier alpha value is -3.15. The fourth-order valence-corrected chi connectivity index (χ4v) is 2.30. The molecule has 0 spiro atoms. The van der Waals surface area contributed by atoms with Crippen molar-refractivity contribution >= 4 is 0 Å². The first kappa shape index (κ1) is 20.2. The Bertz CT molecular complexity index is 1010. The van der Waals surface area contributed by atoms with E-state index in [9.17, 15) is 5.11 Å². The van der Waals surface area contributed by atoms with Crippen LogP contribution in [0.3, 0.4) is 0 Å².